The minimum atomic E-state index is -0.538. The summed E-state index contributed by atoms with van der Waals surface area (Å²) in [5.74, 6) is 1.50. The number of ether oxygens (including phenoxy) is 3. The average Bonchev–Trinajstić information content (AvgIpc) is 2.66. The molecule has 0 spiro atoms. The third-order valence-electron chi connectivity index (χ3n) is 4.53. The second-order valence-corrected chi connectivity index (χ2v) is 7.28. The third kappa shape index (κ3) is 8.45. The van der Waals surface area contributed by atoms with E-state index in [0.717, 1.165) is 37.7 Å². The van der Waals surface area contributed by atoms with Gasteiger partial charge in [-0.2, -0.15) is 0 Å². The van der Waals surface area contributed by atoms with Crippen LogP contribution in [0.15, 0.2) is 24.3 Å². The molecule has 1 aromatic rings. The van der Waals surface area contributed by atoms with Gasteiger partial charge in [-0.25, -0.2) is 0 Å². The van der Waals surface area contributed by atoms with Gasteiger partial charge in [0.05, 0.1) is 25.9 Å². The number of hydrogen-bond acceptors (Lipinski definition) is 7. The lowest BCUT2D eigenvalue weighted by Crippen LogP contribution is -2.51. The van der Waals surface area contributed by atoms with Crippen LogP contribution in [0.5, 0.6) is 11.5 Å². The number of aliphatic hydroxyl groups is 2. The van der Waals surface area contributed by atoms with Crippen molar-refractivity contribution < 1.29 is 24.4 Å². The SMILES string of the molecule is COc1ccc(OC[C@@H](O)CN2CCN(C[C@H](O)COC(C)C)CC2)cc1. The molecule has 154 valence electrons. The predicted octanol–water partition coefficient (Wildman–Crippen LogP) is 0.838. The maximum atomic E-state index is 10.2. The zero-order chi connectivity index (χ0) is 19.6. The van der Waals surface area contributed by atoms with Gasteiger partial charge in [-0.05, 0) is 38.1 Å². The Morgan fingerprint density at radius 1 is 0.852 bits per heavy atom. The molecule has 0 saturated carbocycles. The van der Waals surface area contributed by atoms with Crippen LogP contribution >= 0.6 is 0 Å². The molecule has 1 aliphatic rings. The zero-order valence-corrected chi connectivity index (χ0v) is 16.7. The van der Waals surface area contributed by atoms with Crippen molar-refractivity contribution >= 4 is 0 Å². The summed E-state index contributed by atoms with van der Waals surface area (Å²) in [5, 5.41) is 20.3. The summed E-state index contributed by atoms with van der Waals surface area (Å²) in [6.07, 6.45) is -0.857. The molecule has 7 nitrogen and oxygen atoms in total. The van der Waals surface area contributed by atoms with Crippen LogP contribution in [0.25, 0.3) is 0 Å². The third-order valence-corrected chi connectivity index (χ3v) is 4.53. The number of nitrogens with zero attached hydrogens (tertiary/aromatic N) is 2. The van der Waals surface area contributed by atoms with Crippen molar-refractivity contribution in [1.82, 2.24) is 9.80 Å². The van der Waals surface area contributed by atoms with E-state index in [2.05, 4.69) is 9.80 Å². The Kier molecular flexibility index (Phi) is 9.30. The van der Waals surface area contributed by atoms with Gasteiger partial charge >= 0.3 is 0 Å². The predicted molar refractivity (Wildman–Crippen MR) is 104 cm³/mol. The number of β-amino-alcohol motifs (C(OH)–C–C–N with tert-alkyl or cyclic N) is 2. The van der Waals surface area contributed by atoms with Crippen molar-refractivity contribution in [3.05, 3.63) is 24.3 Å². The van der Waals surface area contributed by atoms with Crippen LogP contribution < -0.4 is 9.47 Å². The highest BCUT2D eigenvalue weighted by Crippen LogP contribution is 2.17. The second kappa shape index (κ2) is 11.5. The van der Waals surface area contributed by atoms with Crippen molar-refractivity contribution in [3.8, 4) is 11.5 Å². The highest BCUT2D eigenvalue weighted by Gasteiger charge is 2.21. The molecule has 27 heavy (non-hydrogen) atoms. The quantitative estimate of drug-likeness (QED) is 0.587. The largest absolute Gasteiger partial charge is 0.497 e. The van der Waals surface area contributed by atoms with Gasteiger partial charge in [0.25, 0.3) is 0 Å². The van der Waals surface area contributed by atoms with Crippen molar-refractivity contribution in [2.24, 2.45) is 0 Å². The van der Waals surface area contributed by atoms with E-state index in [1.54, 1.807) is 7.11 Å². The lowest BCUT2D eigenvalue weighted by Gasteiger charge is -2.36. The summed E-state index contributed by atoms with van der Waals surface area (Å²) in [6, 6.07) is 7.33. The van der Waals surface area contributed by atoms with Crippen molar-refractivity contribution in [2.75, 3.05) is 59.6 Å². The first kappa shape index (κ1) is 21.9. The standard InChI is InChI=1S/C20H34N2O5/c1-16(2)26-14-17(23)12-21-8-10-22(11-9-21)13-18(24)15-27-20-6-4-19(25-3)5-7-20/h4-7,16-18,23-24H,8-15H2,1-3H3/t17-,18-/m0/s1. The Balaban J connectivity index is 1.61. The van der Waals surface area contributed by atoms with E-state index >= 15 is 0 Å². The lowest BCUT2D eigenvalue weighted by atomic mass is 10.2. The molecular formula is C20H34N2O5. The number of hydrogen-bond donors (Lipinski definition) is 2. The molecule has 2 atom stereocenters. The molecule has 0 bridgehead atoms. The molecule has 2 N–H and O–H groups in total. The van der Waals surface area contributed by atoms with Gasteiger partial charge in [-0.15, -0.1) is 0 Å². The first-order chi connectivity index (χ1) is 13.0. The fourth-order valence-corrected chi connectivity index (χ4v) is 3.02. The first-order valence-corrected chi connectivity index (χ1v) is 9.65. The fourth-order valence-electron chi connectivity index (χ4n) is 3.02. The molecule has 0 amide bonds. The molecule has 0 radical (unpaired) electrons. The van der Waals surface area contributed by atoms with Crippen LogP contribution in [0, 0.1) is 0 Å². The molecule has 0 aliphatic carbocycles. The van der Waals surface area contributed by atoms with Crippen LogP contribution in [0.2, 0.25) is 0 Å². The Morgan fingerprint density at radius 2 is 1.33 bits per heavy atom. The van der Waals surface area contributed by atoms with Gasteiger partial charge in [-0.1, -0.05) is 0 Å². The molecule has 1 aromatic carbocycles. The Bertz CT molecular complexity index is 518. The maximum Gasteiger partial charge on any atom is 0.119 e. The molecule has 1 saturated heterocycles. The fraction of sp³-hybridized carbons (Fsp3) is 0.700. The summed E-state index contributed by atoms with van der Waals surface area (Å²) in [4.78, 5) is 4.47. The van der Waals surface area contributed by atoms with Crippen molar-refractivity contribution in [2.45, 2.75) is 32.2 Å². The van der Waals surface area contributed by atoms with Gasteiger partial charge in [0.15, 0.2) is 0 Å². The normalized spacial score (nSPS) is 18.4. The highest BCUT2D eigenvalue weighted by molar-refractivity contribution is 5.31. The number of aliphatic hydroxyl groups excluding tert-OH is 2. The molecule has 1 aliphatic heterocycles. The first-order valence-electron chi connectivity index (χ1n) is 9.65. The molecule has 1 fully saturated rings. The van der Waals surface area contributed by atoms with Gasteiger partial charge in [0.2, 0.25) is 0 Å². The lowest BCUT2D eigenvalue weighted by molar-refractivity contribution is -0.0176. The minimum absolute atomic E-state index is 0.137. The van der Waals surface area contributed by atoms with Crippen LogP contribution in [0.1, 0.15) is 13.8 Å². The topological polar surface area (TPSA) is 74.6 Å². The maximum absolute atomic E-state index is 10.2. The highest BCUT2D eigenvalue weighted by atomic mass is 16.5. The Labute approximate surface area is 162 Å². The molecule has 2 rings (SSSR count). The minimum Gasteiger partial charge on any atom is -0.497 e. The van der Waals surface area contributed by atoms with Crippen molar-refractivity contribution in [1.29, 1.82) is 0 Å². The van der Waals surface area contributed by atoms with Crippen LogP contribution in [-0.2, 0) is 4.74 Å². The van der Waals surface area contributed by atoms with Gasteiger partial charge in [-0.3, -0.25) is 9.80 Å². The number of rotatable bonds is 11. The van der Waals surface area contributed by atoms with E-state index in [1.165, 1.54) is 0 Å². The molecule has 7 heteroatoms. The monoisotopic (exact) mass is 382 g/mol. The summed E-state index contributed by atoms with van der Waals surface area (Å²) in [5.41, 5.74) is 0. The number of piperazine rings is 1. The molecule has 0 unspecified atom stereocenters. The molecular weight excluding hydrogens is 348 g/mol. The molecule has 1 heterocycles. The van der Waals surface area contributed by atoms with E-state index in [0.29, 0.717) is 19.7 Å². The zero-order valence-electron chi connectivity index (χ0n) is 16.7. The summed E-state index contributed by atoms with van der Waals surface area (Å²) in [6.45, 7) is 9.29. The Morgan fingerprint density at radius 3 is 1.81 bits per heavy atom. The van der Waals surface area contributed by atoms with E-state index in [4.69, 9.17) is 14.2 Å². The Hall–Kier alpha value is -1.38. The van der Waals surface area contributed by atoms with Crippen molar-refractivity contribution in [3.63, 3.8) is 0 Å². The van der Waals surface area contributed by atoms with E-state index < -0.39 is 12.2 Å². The average molecular weight is 383 g/mol. The van der Waals surface area contributed by atoms with Gasteiger partial charge in [0, 0.05) is 39.3 Å². The summed E-state index contributed by atoms with van der Waals surface area (Å²) >= 11 is 0. The number of methoxy groups -OCH3 is 1. The van der Waals surface area contributed by atoms with E-state index in [9.17, 15) is 10.2 Å². The smallest absolute Gasteiger partial charge is 0.119 e. The van der Waals surface area contributed by atoms with Crippen LogP contribution in [0.4, 0.5) is 0 Å². The molecule has 0 aromatic heterocycles. The summed E-state index contributed by atoms with van der Waals surface area (Å²) < 4.78 is 16.2. The second-order valence-electron chi connectivity index (χ2n) is 7.28. The van der Waals surface area contributed by atoms with Crippen LogP contribution in [-0.4, -0.2) is 97.9 Å². The van der Waals surface area contributed by atoms with Crippen LogP contribution in [0.3, 0.4) is 0 Å². The number of benzene rings is 1. The van der Waals surface area contributed by atoms with E-state index in [-0.39, 0.29) is 12.7 Å². The summed E-state index contributed by atoms with van der Waals surface area (Å²) in [7, 11) is 1.62. The van der Waals surface area contributed by atoms with E-state index in [1.807, 2.05) is 38.1 Å². The van der Waals surface area contributed by atoms with Gasteiger partial charge < -0.3 is 24.4 Å². The van der Waals surface area contributed by atoms with Gasteiger partial charge in [0.1, 0.15) is 24.2 Å².